The van der Waals surface area contributed by atoms with Crippen LogP contribution < -0.4 is 11.5 Å². The van der Waals surface area contributed by atoms with E-state index < -0.39 is 15.7 Å². The van der Waals surface area contributed by atoms with Crippen molar-refractivity contribution in [3.8, 4) is 0 Å². The zero-order chi connectivity index (χ0) is 17.0. The van der Waals surface area contributed by atoms with Crippen LogP contribution in [0, 0.1) is 0 Å². The summed E-state index contributed by atoms with van der Waals surface area (Å²) in [5.74, 6) is -0.999. The van der Waals surface area contributed by atoms with E-state index in [0.29, 0.717) is 10.1 Å². The number of rotatable bonds is 4. The Labute approximate surface area is 140 Å². The lowest BCUT2D eigenvalue weighted by atomic mass is 10.0. The molecule has 0 aliphatic heterocycles. The highest BCUT2D eigenvalue weighted by Gasteiger charge is 2.21. The summed E-state index contributed by atoms with van der Waals surface area (Å²) in [5, 5.41) is 0.420. The Morgan fingerprint density at radius 2 is 1.87 bits per heavy atom. The molecule has 1 aliphatic carbocycles. The van der Waals surface area contributed by atoms with Crippen molar-refractivity contribution in [2.75, 3.05) is 6.26 Å². The fraction of sp³-hybridized carbons (Fsp3) is 0.467. The fourth-order valence-electron chi connectivity index (χ4n) is 2.57. The number of carbonyl (C=O) groups excluding carboxylic acids is 1. The van der Waals surface area contributed by atoms with Gasteiger partial charge in [-0.2, -0.15) is 4.99 Å². The van der Waals surface area contributed by atoms with Gasteiger partial charge >= 0.3 is 0 Å². The first-order valence-electron chi connectivity index (χ1n) is 7.42. The second-order valence-corrected chi connectivity index (χ2v) is 8.98. The minimum atomic E-state index is -3.45. The number of hydrogen-bond acceptors (Lipinski definition) is 4. The molecule has 1 saturated carbocycles. The van der Waals surface area contributed by atoms with Crippen LogP contribution in [0.25, 0.3) is 0 Å². The van der Waals surface area contributed by atoms with Crippen LogP contribution in [-0.4, -0.2) is 31.8 Å². The largest absolute Gasteiger partial charge is 0.370 e. The Kier molecular flexibility index (Phi) is 5.69. The number of carbonyl (C=O) groups is 1. The molecule has 23 heavy (non-hydrogen) atoms. The number of thioether (sulfide) groups is 1. The van der Waals surface area contributed by atoms with E-state index in [-0.39, 0.29) is 16.4 Å². The zero-order valence-electron chi connectivity index (χ0n) is 13.0. The van der Waals surface area contributed by atoms with Gasteiger partial charge in [-0.1, -0.05) is 19.3 Å². The van der Waals surface area contributed by atoms with Gasteiger partial charge in [0, 0.05) is 22.0 Å². The molecule has 0 bridgehead atoms. The van der Waals surface area contributed by atoms with Crippen molar-refractivity contribution in [1.29, 1.82) is 0 Å². The maximum atomic E-state index is 12.1. The van der Waals surface area contributed by atoms with Gasteiger partial charge in [-0.3, -0.25) is 4.79 Å². The van der Waals surface area contributed by atoms with E-state index in [1.54, 1.807) is 23.9 Å². The predicted octanol–water partition coefficient (Wildman–Crippen LogP) is 1.93. The zero-order valence-corrected chi connectivity index (χ0v) is 14.6. The van der Waals surface area contributed by atoms with Crippen LogP contribution in [0.4, 0.5) is 0 Å². The fourth-order valence-corrected chi connectivity index (χ4v) is 5.20. The van der Waals surface area contributed by atoms with Crippen molar-refractivity contribution >= 4 is 33.5 Å². The Balaban J connectivity index is 2.35. The third kappa shape index (κ3) is 4.97. The second-order valence-electron chi connectivity index (χ2n) is 5.65. The molecule has 1 amide bonds. The molecule has 1 aromatic rings. The first-order valence-corrected chi connectivity index (χ1v) is 10.2. The third-order valence-corrected chi connectivity index (χ3v) is 6.35. The van der Waals surface area contributed by atoms with E-state index in [2.05, 4.69) is 4.99 Å². The molecule has 0 unspecified atom stereocenters. The lowest BCUT2D eigenvalue weighted by molar-refractivity contribution is 0.100. The van der Waals surface area contributed by atoms with Crippen LogP contribution in [0.15, 0.2) is 33.0 Å². The molecule has 1 fully saturated rings. The highest BCUT2D eigenvalue weighted by atomic mass is 32.2. The average Bonchev–Trinajstić information content (AvgIpc) is 2.46. The van der Waals surface area contributed by atoms with Crippen molar-refractivity contribution in [3.63, 3.8) is 0 Å². The maximum absolute atomic E-state index is 12.1. The minimum Gasteiger partial charge on any atom is -0.370 e. The number of sulfone groups is 1. The molecule has 0 saturated heterocycles. The molecule has 1 aromatic carbocycles. The molecule has 0 radical (unpaired) electrons. The van der Waals surface area contributed by atoms with E-state index in [1.165, 1.54) is 25.3 Å². The van der Waals surface area contributed by atoms with Crippen LogP contribution in [0.1, 0.15) is 42.5 Å². The van der Waals surface area contributed by atoms with E-state index in [1.807, 2.05) is 0 Å². The molecule has 0 spiro atoms. The monoisotopic (exact) mass is 355 g/mol. The quantitative estimate of drug-likeness (QED) is 0.630. The molecule has 0 heterocycles. The van der Waals surface area contributed by atoms with Crippen LogP contribution in [-0.2, 0) is 9.84 Å². The maximum Gasteiger partial charge on any atom is 0.280 e. The van der Waals surface area contributed by atoms with Crippen LogP contribution >= 0.6 is 11.8 Å². The van der Waals surface area contributed by atoms with Crippen molar-refractivity contribution < 1.29 is 13.2 Å². The summed E-state index contributed by atoms with van der Waals surface area (Å²) in [4.78, 5) is 16.2. The molecule has 8 heteroatoms. The topological polar surface area (TPSA) is 116 Å². The van der Waals surface area contributed by atoms with Crippen molar-refractivity contribution in [3.05, 3.63) is 23.8 Å². The molecule has 0 atom stereocenters. The normalized spacial score (nSPS) is 16.0. The molecule has 6 nitrogen and oxygen atoms in total. The highest BCUT2D eigenvalue weighted by molar-refractivity contribution is 8.00. The Morgan fingerprint density at radius 3 is 2.43 bits per heavy atom. The van der Waals surface area contributed by atoms with Crippen molar-refractivity contribution in [2.45, 2.75) is 47.1 Å². The summed E-state index contributed by atoms with van der Waals surface area (Å²) >= 11 is 1.58. The molecule has 2 rings (SSSR count). The third-order valence-electron chi connectivity index (χ3n) is 3.67. The highest BCUT2D eigenvalue weighted by Crippen LogP contribution is 2.37. The molecule has 0 aromatic heterocycles. The first kappa shape index (κ1) is 17.8. The van der Waals surface area contributed by atoms with Gasteiger partial charge in [0.1, 0.15) is 0 Å². The Hall–Kier alpha value is -1.54. The molecular weight excluding hydrogens is 334 g/mol. The number of benzene rings is 1. The van der Waals surface area contributed by atoms with Gasteiger partial charge in [-0.15, -0.1) is 11.8 Å². The van der Waals surface area contributed by atoms with Crippen LogP contribution in [0.2, 0.25) is 0 Å². The number of aliphatic imine (C=N–C) groups is 1. The Morgan fingerprint density at radius 1 is 1.22 bits per heavy atom. The van der Waals surface area contributed by atoms with Gasteiger partial charge in [0.15, 0.2) is 15.8 Å². The van der Waals surface area contributed by atoms with E-state index in [9.17, 15) is 13.2 Å². The summed E-state index contributed by atoms with van der Waals surface area (Å²) in [5.41, 5.74) is 10.5. The number of guanidine groups is 1. The molecule has 1 aliphatic rings. The number of nitrogens with zero attached hydrogens (tertiary/aromatic N) is 1. The van der Waals surface area contributed by atoms with E-state index in [4.69, 9.17) is 11.5 Å². The number of amides is 1. The SMILES string of the molecule is CS(=O)(=O)c1cc(C(=O)N=C(N)N)ccc1SC1CCCCC1. The lowest BCUT2D eigenvalue weighted by Crippen LogP contribution is -2.24. The number of hydrogen-bond donors (Lipinski definition) is 2. The second kappa shape index (κ2) is 7.35. The van der Waals surface area contributed by atoms with Gasteiger partial charge in [0.25, 0.3) is 5.91 Å². The van der Waals surface area contributed by atoms with Gasteiger partial charge in [-0.05, 0) is 31.0 Å². The Bertz CT molecular complexity index is 719. The molecule has 4 N–H and O–H groups in total. The summed E-state index contributed by atoms with van der Waals surface area (Å²) in [7, 11) is -3.45. The van der Waals surface area contributed by atoms with Gasteiger partial charge in [0.2, 0.25) is 0 Å². The average molecular weight is 355 g/mol. The summed E-state index contributed by atoms with van der Waals surface area (Å²) < 4.78 is 24.2. The van der Waals surface area contributed by atoms with Crippen LogP contribution in [0.3, 0.4) is 0 Å². The summed E-state index contributed by atoms with van der Waals surface area (Å²) in [6.07, 6.45) is 6.90. The first-order chi connectivity index (χ1) is 10.8. The van der Waals surface area contributed by atoms with Gasteiger partial charge < -0.3 is 11.5 Å². The van der Waals surface area contributed by atoms with E-state index >= 15 is 0 Å². The minimum absolute atomic E-state index is 0.157. The van der Waals surface area contributed by atoms with Gasteiger partial charge in [-0.25, -0.2) is 8.42 Å². The lowest BCUT2D eigenvalue weighted by Gasteiger charge is -2.22. The predicted molar refractivity (Wildman–Crippen MR) is 92.4 cm³/mol. The standard InChI is InChI=1S/C15H21N3O3S2/c1-23(20,21)13-9-10(14(19)18-15(16)17)7-8-12(13)22-11-5-3-2-4-6-11/h7-9,11H,2-6H2,1H3,(H4,16,17,18,19). The molecular formula is C15H21N3O3S2. The van der Waals surface area contributed by atoms with Crippen molar-refractivity contribution in [1.82, 2.24) is 0 Å². The smallest absolute Gasteiger partial charge is 0.280 e. The van der Waals surface area contributed by atoms with Gasteiger partial charge in [0.05, 0.1) is 4.90 Å². The van der Waals surface area contributed by atoms with Crippen LogP contribution in [0.5, 0.6) is 0 Å². The summed E-state index contributed by atoms with van der Waals surface area (Å²) in [6, 6.07) is 4.59. The molecule has 126 valence electrons. The van der Waals surface area contributed by atoms with Crippen molar-refractivity contribution in [2.24, 2.45) is 16.5 Å². The number of nitrogens with two attached hydrogens (primary N) is 2. The summed E-state index contributed by atoms with van der Waals surface area (Å²) in [6.45, 7) is 0. The van der Waals surface area contributed by atoms with E-state index in [0.717, 1.165) is 19.1 Å².